The number of imidazole rings is 1. The number of rotatable bonds is 3. The molecule has 1 aromatic carbocycles. The fraction of sp³-hybridized carbons (Fsp3) is 0.154. The number of aromatic nitrogens is 4. The van der Waals surface area contributed by atoms with Gasteiger partial charge >= 0.3 is 0 Å². The van der Waals surface area contributed by atoms with Gasteiger partial charge in [-0.2, -0.15) is 4.98 Å². The second kappa shape index (κ2) is 4.44. The molecular formula is C13H12N4O. The average Bonchev–Trinajstić information content (AvgIpc) is 3.02. The van der Waals surface area contributed by atoms with E-state index in [0.717, 1.165) is 11.4 Å². The standard InChI is InChI=1S/C13H12N4O/c1-10-14-7-8-17(10)9-12-15-13(16-18-12)11-5-3-2-4-6-11/h2-8H,9H2,1H3. The fourth-order valence-electron chi connectivity index (χ4n) is 1.74. The Labute approximate surface area is 104 Å². The zero-order valence-corrected chi connectivity index (χ0v) is 9.95. The van der Waals surface area contributed by atoms with Crippen molar-refractivity contribution < 1.29 is 4.52 Å². The first-order valence-corrected chi connectivity index (χ1v) is 5.68. The van der Waals surface area contributed by atoms with Crippen LogP contribution in [0.25, 0.3) is 11.4 Å². The van der Waals surface area contributed by atoms with Crippen LogP contribution in [-0.2, 0) is 6.54 Å². The third-order valence-corrected chi connectivity index (χ3v) is 2.73. The highest BCUT2D eigenvalue weighted by Gasteiger charge is 2.09. The molecule has 0 unspecified atom stereocenters. The van der Waals surface area contributed by atoms with Gasteiger partial charge in [0.1, 0.15) is 12.4 Å². The Morgan fingerprint density at radius 3 is 2.78 bits per heavy atom. The second-order valence-electron chi connectivity index (χ2n) is 3.98. The van der Waals surface area contributed by atoms with E-state index in [9.17, 15) is 0 Å². The van der Waals surface area contributed by atoms with Gasteiger partial charge < -0.3 is 9.09 Å². The summed E-state index contributed by atoms with van der Waals surface area (Å²) in [5, 5.41) is 3.98. The summed E-state index contributed by atoms with van der Waals surface area (Å²) >= 11 is 0. The minimum Gasteiger partial charge on any atom is -0.337 e. The smallest absolute Gasteiger partial charge is 0.246 e. The lowest BCUT2D eigenvalue weighted by Crippen LogP contribution is -2.00. The molecule has 3 rings (SSSR count). The van der Waals surface area contributed by atoms with Gasteiger partial charge in [-0.3, -0.25) is 0 Å². The summed E-state index contributed by atoms with van der Waals surface area (Å²) in [6, 6.07) is 9.77. The molecule has 5 nitrogen and oxygen atoms in total. The second-order valence-corrected chi connectivity index (χ2v) is 3.98. The van der Waals surface area contributed by atoms with Crippen LogP contribution in [0.3, 0.4) is 0 Å². The van der Waals surface area contributed by atoms with Crippen molar-refractivity contribution in [2.24, 2.45) is 0 Å². The summed E-state index contributed by atoms with van der Waals surface area (Å²) in [6.45, 7) is 2.49. The van der Waals surface area contributed by atoms with Crippen LogP contribution >= 0.6 is 0 Å². The van der Waals surface area contributed by atoms with Gasteiger partial charge in [0, 0.05) is 18.0 Å². The van der Waals surface area contributed by atoms with Gasteiger partial charge in [0.15, 0.2) is 0 Å². The third kappa shape index (κ3) is 2.02. The molecule has 0 fully saturated rings. The minimum absolute atomic E-state index is 0.547. The maximum Gasteiger partial charge on any atom is 0.246 e. The molecule has 0 aliphatic heterocycles. The van der Waals surface area contributed by atoms with Crippen LogP contribution in [0.15, 0.2) is 47.2 Å². The monoisotopic (exact) mass is 240 g/mol. The van der Waals surface area contributed by atoms with E-state index >= 15 is 0 Å². The molecule has 90 valence electrons. The summed E-state index contributed by atoms with van der Waals surface area (Å²) in [7, 11) is 0. The predicted molar refractivity (Wildman–Crippen MR) is 65.8 cm³/mol. The molecule has 3 aromatic rings. The van der Waals surface area contributed by atoms with Gasteiger partial charge in [-0.05, 0) is 6.92 Å². The Kier molecular flexibility index (Phi) is 2.64. The average molecular weight is 240 g/mol. The van der Waals surface area contributed by atoms with Crippen molar-refractivity contribution in [2.75, 3.05) is 0 Å². The number of benzene rings is 1. The lowest BCUT2D eigenvalue weighted by molar-refractivity contribution is 0.370. The van der Waals surface area contributed by atoms with Gasteiger partial charge in [0.05, 0.1) is 0 Å². The summed E-state index contributed by atoms with van der Waals surface area (Å²) in [5.74, 6) is 2.12. The van der Waals surface area contributed by atoms with Crippen molar-refractivity contribution in [1.29, 1.82) is 0 Å². The van der Waals surface area contributed by atoms with E-state index in [1.807, 2.05) is 48.0 Å². The van der Waals surface area contributed by atoms with E-state index in [0.29, 0.717) is 18.3 Å². The van der Waals surface area contributed by atoms with E-state index in [-0.39, 0.29) is 0 Å². The summed E-state index contributed by atoms with van der Waals surface area (Å²) in [5.41, 5.74) is 0.954. The predicted octanol–water partition coefficient (Wildman–Crippen LogP) is 2.29. The summed E-state index contributed by atoms with van der Waals surface area (Å²) in [4.78, 5) is 8.52. The molecule has 0 amide bonds. The molecule has 18 heavy (non-hydrogen) atoms. The molecule has 0 saturated heterocycles. The molecule has 0 atom stereocenters. The van der Waals surface area contributed by atoms with Gasteiger partial charge in [-0.15, -0.1) is 0 Å². The van der Waals surface area contributed by atoms with Crippen molar-refractivity contribution in [3.8, 4) is 11.4 Å². The zero-order valence-electron chi connectivity index (χ0n) is 9.95. The Balaban J connectivity index is 1.84. The third-order valence-electron chi connectivity index (χ3n) is 2.73. The Bertz CT molecular complexity index is 642. The van der Waals surface area contributed by atoms with Crippen LogP contribution in [0, 0.1) is 6.92 Å². The lowest BCUT2D eigenvalue weighted by atomic mass is 10.2. The van der Waals surface area contributed by atoms with E-state index in [4.69, 9.17) is 4.52 Å². The van der Waals surface area contributed by atoms with Gasteiger partial charge in [-0.25, -0.2) is 4.98 Å². The maximum absolute atomic E-state index is 5.24. The molecule has 0 radical (unpaired) electrons. The van der Waals surface area contributed by atoms with E-state index in [2.05, 4.69) is 15.1 Å². The molecule has 0 aliphatic rings. The highest BCUT2D eigenvalue weighted by molar-refractivity contribution is 5.53. The maximum atomic E-state index is 5.24. The SMILES string of the molecule is Cc1nccn1Cc1nc(-c2ccccc2)no1. The minimum atomic E-state index is 0.547. The number of aryl methyl sites for hydroxylation is 1. The quantitative estimate of drug-likeness (QED) is 0.704. The van der Waals surface area contributed by atoms with E-state index in [1.165, 1.54) is 0 Å². The van der Waals surface area contributed by atoms with E-state index in [1.54, 1.807) is 6.20 Å². The van der Waals surface area contributed by atoms with Crippen molar-refractivity contribution in [1.82, 2.24) is 19.7 Å². The van der Waals surface area contributed by atoms with E-state index < -0.39 is 0 Å². The van der Waals surface area contributed by atoms with Crippen molar-refractivity contribution >= 4 is 0 Å². The normalized spacial score (nSPS) is 10.7. The Hall–Kier alpha value is -2.43. The van der Waals surface area contributed by atoms with Crippen LogP contribution in [-0.4, -0.2) is 19.7 Å². The van der Waals surface area contributed by atoms with Crippen molar-refractivity contribution in [3.63, 3.8) is 0 Å². The van der Waals surface area contributed by atoms with Crippen LogP contribution in [0.5, 0.6) is 0 Å². The molecule has 2 heterocycles. The fourth-order valence-corrected chi connectivity index (χ4v) is 1.74. The summed E-state index contributed by atoms with van der Waals surface area (Å²) in [6.07, 6.45) is 3.64. The first kappa shape index (κ1) is 10.7. The van der Waals surface area contributed by atoms with Crippen LogP contribution in [0.4, 0.5) is 0 Å². The largest absolute Gasteiger partial charge is 0.337 e. The van der Waals surface area contributed by atoms with Crippen molar-refractivity contribution in [2.45, 2.75) is 13.5 Å². The molecule has 0 spiro atoms. The van der Waals surface area contributed by atoms with Crippen molar-refractivity contribution in [3.05, 3.63) is 54.4 Å². The Morgan fingerprint density at radius 2 is 2.06 bits per heavy atom. The molecular weight excluding hydrogens is 228 g/mol. The molecule has 5 heteroatoms. The summed E-state index contributed by atoms with van der Waals surface area (Å²) < 4.78 is 7.20. The van der Waals surface area contributed by atoms with Gasteiger partial charge in [0.2, 0.25) is 11.7 Å². The molecule has 0 N–H and O–H groups in total. The molecule has 0 saturated carbocycles. The number of nitrogens with zero attached hydrogens (tertiary/aromatic N) is 4. The molecule has 0 bridgehead atoms. The van der Waals surface area contributed by atoms with Crippen LogP contribution in [0.1, 0.15) is 11.7 Å². The topological polar surface area (TPSA) is 56.7 Å². The van der Waals surface area contributed by atoms with Crippen LogP contribution in [0.2, 0.25) is 0 Å². The van der Waals surface area contributed by atoms with Gasteiger partial charge in [0.25, 0.3) is 0 Å². The van der Waals surface area contributed by atoms with Gasteiger partial charge in [-0.1, -0.05) is 35.5 Å². The van der Waals surface area contributed by atoms with Crippen LogP contribution < -0.4 is 0 Å². The zero-order chi connectivity index (χ0) is 12.4. The first-order valence-electron chi connectivity index (χ1n) is 5.68. The highest BCUT2D eigenvalue weighted by atomic mass is 16.5. The molecule has 2 aromatic heterocycles. The number of hydrogen-bond donors (Lipinski definition) is 0. The number of hydrogen-bond acceptors (Lipinski definition) is 4. The Morgan fingerprint density at radius 1 is 1.22 bits per heavy atom. The molecule has 0 aliphatic carbocycles. The highest BCUT2D eigenvalue weighted by Crippen LogP contribution is 2.15. The first-order chi connectivity index (χ1) is 8.83. The lowest BCUT2D eigenvalue weighted by Gasteiger charge is -1.98.